The van der Waals surface area contributed by atoms with Gasteiger partial charge in [0.2, 0.25) is 5.91 Å². The molecule has 7 nitrogen and oxygen atoms in total. The first-order valence-corrected chi connectivity index (χ1v) is 12.4. The van der Waals surface area contributed by atoms with Crippen molar-refractivity contribution in [1.29, 1.82) is 0 Å². The zero-order valence-electron chi connectivity index (χ0n) is 19.0. The van der Waals surface area contributed by atoms with E-state index in [0.29, 0.717) is 28.0 Å². The van der Waals surface area contributed by atoms with E-state index in [1.54, 1.807) is 13.0 Å². The van der Waals surface area contributed by atoms with Crippen LogP contribution in [0.1, 0.15) is 51.6 Å². The lowest BCUT2D eigenvalue weighted by Crippen LogP contribution is -2.39. The number of hydrogen-bond acceptors (Lipinski definition) is 7. The molecule has 3 aliphatic rings. The molecule has 3 aliphatic heterocycles. The number of nitrogens with one attached hydrogen (secondary N) is 1. The quantitative estimate of drug-likeness (QED) is 0.566. The summed E-state index contributed by atoms with van der Waals surface area (Å²) in [5.41, 5.74) is 2.53. The van der Waals surface area contributed by atoms with Gasteiger partial charge in [0.25, 0.3) is 0 Å². The highest BCUT2D eigenvalue weighted by molar-refractivity contribution is 8.16. The molecule has 1 N–H and O–H groups in total. The van der Waals surface area contributed by atoms with E-state index in [2.05, 4.69) is 10.3 Å². The van der Waals surface area contributed by atoms with Gasteiger partial charge in [-0.1, -0.05) is 41.6 Å². The molecule has 1 fully saturated rings. The Hall–Kier alpha value is -2.29. The maximum atomic E-state index is 13.1. The van der Waals surface area contributed by atoms with E-state index in [1.165, 1.54) is 11.8 Å². The molecule has 1 aromatic rings. The number of esters is 1. The zero-order valence-corrected chi connectivity index (χ0v) is 20.5. The lowest BCUT2D eigenvalue weighted by molar-refractivity contribution is -0.143. The average molecular weight is 490 g/mol. The lowest BCUT2D eigenvalue weighted by atomic mass is 9.93. The van der Waals surface area contributed by atoms with Crippen LogP contribution in [-0.2, 0) is 19.1 Å². The van der Waals surface area contributed by atoms with E-state index in [1.807, 2.05) is 42.4 Å². The molecule has 0 unspecified atom stereocenters. The second kappa shape index (κ2) is 10.3. The molecule has 176 valence electrons. The number of carbonyl (C=O) groups excluding carboxylic acids is 2. The summed E-state index contributed by atoms with van der Waals surface area (Å²) in [7, 11) is 0. The summed E-state index contributed by atoms with van der Waals surface area (Å²) in [6, 6.07) is 6.88. The fraction of sp³-hybridized carbons (Fsp3) is 0.458. The van der Waals surface area contributed by atoms with Crippen molar-refractivity contribution in [2.75, 3.05) is 13.2 Å². The molecule has 1 saturated heterocycles. The fourth-order valence-electron chi connectivity index (χ4n) is 4.16. The summed E-state index contributed by atoms with van der Waals surface area (Å²) in [6.07, 6.45) is 1.94. The molecule has 1 aromatic carbocycles. The van der Waals surface area contributed by atoms with Crippen molar-refractivity contribution in [3.05, 3.63) is 57.2 Å². The third-order valence-electron chi connectivity index (χ3n) is 5.66. The standard InChI is InChI=1S/C24H28ClN3O4S/c1-14(2)32-23(30)21-15(3)27-24-28(22(21)18-8-4-5-9-19(18)25)16(13-33-24)11-20(29)26-12-17-7-6-10-31-17/h4-5,8-9,13-14,17,22H,6-7,10-12H2,1-3H3,(H,26,29)/t17-,22+/m1/s1. The van der Waals surface area contributed by atoms with Crippen molar-refractivity contribution in [3.8, 4) is 0 Å². The Morgan fingerprint density at radius 2 is 2.15 bits per heavy atom. The minimum Gasteiger partial charge on any atom is -0.459 e. The fourth-order valence-corrected chi connectivity index (χ4v) is 5.36. The van der Waals surface area contributed by atoms with Crippen LogP contribution >= 0.6 is 23.4 Å². The van der Waals surface area contributed by atoms with Gasteiger partial charge >= 0.3 is 5.97 Å². The van der Waals surface area contributed by atoms with Crippen LogP contribution < -0.4 is 5.32 Å². The second-order valence-corrected chi connectivity index (χ2v) is 9.73. The van der Waals surface area contributed by atoms with Gasteiger partial charge in [-0.25, -0.2) is 9.79 Å². The number of thioether (sulfide) groups is 1. The predicted molar refractivity (Wildman–Crippen MR) is 130 cm³/mol. The van der Waals surface area contributed by atoms with Crippen LogP contribution in [0, 0.1) is 0 Å². The Morgan fingerprint density at radius 3 is 2.85 bits per heavy atom. The van der Waals surface area contributed by atoms with Crippen LogP contribution in [-0.4, -0.2) is 47.3 Å². The van der Waals surface area contributed by atoms with Gasteiger partial charge in [0.1, 0.15) is 0 Å². The third kappa shape index (κ3) is 5.28. The van der Waals surface area contributed by atoms with Gasteiger partial charge in [-0.3, -0.25) is 4.79 Å². The molecule has 2 atom stereocenters. The van der Waals surface area contributed by atoms with Crippen LogP contribution in [0.2, 0.25) is 5.02 Å². The smallest absolute Gasteiger partial charge is 0.338 e. The number of nitrogens with zero attached hydrogens (tertiary/aromatic N) is 2. The Morgan fingerprint density at radius 1 is 1.36 bits per heavy atom. The van der Waals surface area contributed by atoms with Crippen molar-refractivity contribution < 1.29 is 19.1 Å². The number of fused-ring (bicyclic) bond motifs is 1. The highest BCUT2D eigenvalue weighted by Gasteiger charge is 2.42. The first kappa shape index (κ1) is 23.9. The molecule has 4 rings (SSSR count). The van der Waals surface area contributed by atoms with Crippen molar-refractivity contribution in [2.45, 2.75) is 58.3 Å². The minimum atomic E-state index is -0.537. The largest absolute Gasteiger partial charge is 0.459 e. The summed E-state index contributed by atoms with van der Waals surface area (Å²) >= 11 is 8.02. The molecule has 0 spiro atoms. The summed E-state index contributed by atoms with van der Waals surface area (Å²) in [5, 5.41) is 6.13. The van der Waals surface area contributed by atoms with Gasteiger partial charge in [0.15, 0.2) is 5.17 Å². The van der Waals surface area contributed by atoms with E-state index in [4.69, 9.17) is 21.1 Å². The predicted octanol–water partition coefficient (Wildman–Crippen LogP) is 4.55. The Labute approximate surface area is 203 Å². The first-order valence-electron chi connectivity index (χ1n) is 11.1. The lowest BCUT2D eigenvalue weighted by Gasteiger charge is -2.36. The van der Waals surface area contributed by atoms with Crippen molar-refractivity contribution in [2.24, 2.45) is 4.99 Å². The molecule has 0 aromatic heterocycles. The number of hydrogen-bond donors (Lipinski definition) is 1. The van der Waals surface area contributed by atoms with Gasteiger partial charge < -0.3 is 19.7 Å². The minimum absolute atomic E-state index is 0.0758. The number of aliphatic imine (C=N–C) groups is 1. The highest BCUT2D eigenvalue weighted by Crippen LogP contribution is 2.46. The van der Waals surface area contributed by atoms with E-state index in [9.17, 15) is 9.59 Å². The maximum absolute atomic E-state index is 13.1. The van der Waals surface area contributed by atoms with Gasteiger partial charge in [-0.05, 0) is 50.7 Å². The molecule has 3 heterocycles. The number of amidine groups is 1. The second-order valence-electron chi connectivity index (χ2n) is 8.48. The summed E-state index contributed by atoms with van der Waals surface area (Å²) < 4.78 is 11.2. The Kier molecular flexibility index (Phi) is 7.46. The molecule has 33 heavy (non-hydrogen) atoms. The van der Waals surface area contributed by atoms with Crippen LogP contribution in [0.4, 0.5) is 0 Å². The van der Waals surface area contributed by atoms with Crippen LogP contribution in [0.3, 0.4) is 0 Å². The van der Waals surface area contributed by atoms with Gasteiger partial charge in [0, 0.05) is 23.9 Å². The number of allylic oxidation sites excluding steroid dienone is 1. The first-order chi connectivity index (χ1) is 15.8. The van der Waals surface area contributed by atoms with E-state index < -0.39 is 12.0 Å². The number of carbonyl (C=O) groups is 2. The summed E-state index contributed by atoms with van der Waals surface area (Å²) in [4.78, 5) is 32.5. The van der Waals surface area contributed by atoms with Crippen molar-refractivity contribution in [1.82, 2.24) is 10.2 Å². The van der Waals surface area contributed by atoms with Crippen LogP contribution in [0.5, 0.6) is 0 Å². The van der Waals surface area contributed by atoms with E-state index >= 15 is 0 Å². The summed E-state index contributed by atoms with van der Waals surface area (Å²) in [6.45, 7) is 6.67. The van der Waals surface area contributed by atoms with Gasteiger partial charge in [-0.2, -0.15) is 0 Å². The van der Waals surface area contributed by atoms with Crippen molar-refractivity contribution in [3.63, 3.8) is 0 Å². The van der Waals surface area contributed by atoms with Crippen LogP contribution in [0.25, 0.3) is 0 Å². The topological polar surface area (TPSA) is 80.2 Å². The van der Waals surface area contributed by atoms with Gasteiger partial charge in [-0.15, -0.1) is 0 Å². The average Bonchev–Trinajstić information content (AvgIpc) is 3.41. The monoisotopic (exact) mass is 489 g/mol. The summed E-state index contributed by atoms with van der Waals surface area (Å²) in [5.74, 6) is -0.539. The Bertz CT molecular complexity index is 1030. The van der Waals surface area contributed by atoms with Crippen molar-refractivity contribution >= 4 is 40.4 Å². The molecule has 9 heteroatoms. The molecule has 0 bridgehead atoms. The number of halogens is 1. The molecular formula is C24H28ClN3O4S. The number of benzene rings is 1. The SMILES string of the molecule is CC1=C(C(=O)OC(C)C)[C@H](c2ccccc2Cl)N2C(CC(=O)NC[C@H]3CCCO3)=CSC2=N1. The normalized spacial score (nSPS) is 22.3. The van der Waals surface area contributed by atoms with E-state index in [0.717, 1.165) is 30.7 Å². The van der Waals surface area contributed by atoms with E-state index in [-0.39, 0.29) is 24.5 Å². The molecule has 0 radical (unpaired) electrons. The third-order valence-corrected chi connectivity index (χ3v) is 6.89. The molecular weight excluding hydrogens is 462 g/mol. The highest BCUT2D eigenvalue weighted by atomic mass is 35.5. The number of rotatable bonds is 7. The Balaban J connectivity index is 1.62. The maximum Gasteiger partial charge on any atom is 0.338 e. The molecule has 0 saturated carbocycles. The number of ether oxygens (including phenoxy) is 2. The number of amides is 1. The van der Waals surface area contributed by atoms with Gasteiger partial charge in [0.05, 0.1) is 35.9 Å². The molecule has 0 aliphatic carbocycles. The zero-order chi connectivity index (χ0) is 23.5. The van der Waals surface area contributed by atoms with Crippen LogP contribution in [0.15, 0.2) is 51.6 Å². The molecule has 1 amide bonds.